The maximum atomic E-state index is 8.71. The Kier molecular flexibility index (Phi) is 4.91. The van der Waals surface area contributed by atoms with Crippen LogP contribution in [0.1, 0.15) is 11.1 Å². The van der Waals surface area contributed by atoms with Crippen LogP contribution in [-0.4, -0.2) is 19.9 Å². The zero-order chi connectivity index (χ0) is 18.0. The van der Waals surface area contributed by atoms with Gasteiger partial charge in [0, 0.05) is 34.6 Å². The molecule has 0 aliphatic heterocycles. The second-order valence-corrected chi connectivity index (χ2v) is 6.41. The molecule has 0 amide bonds. The summed E-state index contributed by atoms with van der Waals surface area (Å²) in [6, 6.07) is 5.74. The van der Waals surface area contributed by atoms with Gasteiger partial charge in [0.25, 0.3) is 0 Å². The first kappa shape index (κ1) is 17.2. The van der Waals surface area contributed by atoms with Crippen molar-refractivity contribution in [3.8, 4) is 12.1 Å². The van der Waals surface area contributed by atoms with Crippen LogP contribution in [0, 0.1) is 22.7 Å². The molecule has 0 atom stereocenters. The molecule has 0 bridgehead atoms. The number of nitrogens with zero attached hydrogens (tertiary/aromatic N) is 4. The van der Waals surface area contributed by atoms with E-state index in [4.69, 9.17) is 33.7 Å². The van der Waals surface area contributed by atoms with Gasteiger partial charge in [-0.2, -0.15) is 10.5 Å². The average molecular weight is 434 g/mol. The molecule has 0 saturated heterocycles. The number of nitrogens with one attached hydrogen (secondary N) is 2. The van der Waals surface area contributed by atoms with Gasteiger partial charge >= 0.3 is 0 Å². The Balaban J connectivity index is 0.000000146. The van der Waals surface area contributed by atoms with Crippen LogP contribution < -0.4 is 0 Å². The molecule has 2 N–H and O–H groups in total. The molecule has 4 aromatic heterocycles. The highest BCUT2D eigenvalue weighted by Gasteiger charge is 2.10. The number of hydrogen-bond donors (Lipinski definition) is 2. The highest BCUT2D eigenvalue weighted by molar-refractivity contribution is 9.10. The van der Waals surface area contributed by atoms with Gasteiger partial charge < -0.3 is 9.97 Å². The fourth-order valence-corrected chi connectivity index (χ4v) is 3.29. The van der Waals surface area contributed by atoms with Gasteiger partial charge in [-0.25, -0.2) is 9.97 Å². The van der Waals surface area contributed by atoms with Crippen LogP contribution in [0.4, 0.5) is 0 Å². The van der Waals surface area contributed by atoms with E-state index in [9.17, 15) is 0 Å². The number of nitriles is 2. The monoisotopic (exact) mass is 432 g/mol. The summed E-state index contributed by atoms with van der Waals surface area (Å²) in [7, 11) is 0. The predicted molar refractivity (Wildman–Crippen MR) is 99.3 cm³/mol. The number of H-pyrrole nitrogens is 2. The van der Waals surface area contributed by atoms with Gasteiger partial charge in [-0.15, -0.1) is 0 Å². The number of aromatic nitrogens is 4. The Morgan fingerprint density at radius 1 is 0.960 bits per heavy atom. The predicted octanol–water partition coefficient (Wildman–Crippen LogP) is 4.94. The van der Waals surface area contributed by atoms with Crippen LogP contribution in [0.25, 0.3) is 22.1 Å². The Hall–Kier alpha value is -2.58. The Bertz CT molecular complexity index is 1170. The van der Waals surface area contributed by atoms with Crippen LogP contribution in [0.3, 0.4) is 0 Å². The Labute approximate surface area is 160 Å². The minimum Gasteiger partial charge on any atom is -0.346 e. The highest BCUT2D eigenvalue weighted by atomic mass is 79.9. The second-order valence-electron chi connectivity index (χ2n) is 4.80. The molecule has 0 saturated carbocycles. The molecule has 0 aliphatic carbocycles. The fraction of sp³-hybridized carbons (Fsp3) is 0. The summed E-state index contributed by atoms with van der Waals surface area (Å²) in [6.45, 7) is 0. The summed E-state index contributed by atoms with van der Waals surface area (Å²) >= 11 is 15.2. The van der Waals surface area contributed by atoms with E-state index < -0.39 is 0 Å². The molecule has 0 spiro atoms. The molecule has 0 aliphatic rings. The number of halogens is 3. The third-order valence-electron chi connectivity index (χ3n) is 3.35. The van der Waals surface area contributed by atoms with E-state index in [0.717, 1.165) is 15.2 Å². The van der Waals surface area contributed by atoms with Gasteiger partial charge in [-0.3, -0.25) is 0 Å². The minimum atomic E-state index is 0.384. The summed E-state index contributed by atoms with van der Waals surface area (Å²) in [4.78, 5) is 13.9. The van der Waals surface area contributed by atoms with Crippen molar-refractivity contribution in [2.24, 2.45) is 0 Å². The van der Waals surface area contributed by atoms with Crippen molar-refractivity contribution in [1.82, 2.24) is 19.9 Å². The molecule has 0 radical (unpaired) electrons. The summed E-state index contributed by atoms with van der Waals surface area (Å²) in [5.74, 6) is 0. The van der Waals surface area contributed by atoms with Crippen molar-refractivity contribution in [3.05, 3.63) is 56.5 Å². The molecule has 4 aromatic rings. The number of rotatable bonds is 0. The maximum absolute atomic E-state index is 8.71. The molecule has 122 valence electrons. The van der Waals surface area contributed by atoms with E-state index >= 15 is 0 Å². The molecular formula is C16H7BrCl2N6. The molecule has 0 unspecified atom stereocenters. The van der Waals surface area contributed by atoms with Gasteiger partial charge in [-0.1, -0.05) is 23.2 Å². The first-order valence-corrected chi connectivity index (χ1v) is 8.34. The summed E-state index contributed by atoms with van der Waals surface area (Å²) in [6.07, 6.45) is 6.39. The van der Waals surface area contributed by atoms with Crippen molar-refractivity contribution >= 4 is 61.2 Å². The third-order valence-corrected chi connectivity index (χ3v) is 4.78. The van der Waals surface area contributed by atoms with Crippen LogP contribution in [-0.2, 0) is 0 Å². The summed E-state index contributed by atoms with van der Waals surface area (Å²) < 4.78 is 0.817. The van der Waals surface area contributed by atoms with E-state index in [-0.39, 0.29) is 0 Å². The van der Waals surface area contributed by atoms with E-state index in [1.54, 1.807) is 18.5 Å². The molecule has 4 rings (SSSR count). The van der Waals surface area contributed by atoms with Crippen molar-refractivity contribution in [2.45, 2.75) is 0 Å². The molecular weight excluding hydrogens is 427 g/mol. The zero-order valence-corrected chi connectivity index (χ0v) is 15.4. The van der Waals surface area contributed by atoms with Gasteiger partial charge in [0.05, 0.1) is 26.6 Å². The lowest BCUT2D eigenvalue weighted by Crippen LogP contribution is -1.82. The lowest BCUT2D eigenvalue weighted by molar-refractivity contribution is 1.31. The smallest absolute Gasteiger partial charge is 0.140 e. The Morgan fingerprint density at radius 3 is 2.28 bits per heavy atom. The molecule has 25 heavy (non-hydrogen) atoms. The quantitative estimate of drug-likeness (QED) is 0.409. The first-order valence-electron chi connectivity index (χ1n) is 6.79. The van der Waals surface area contributed by atoms with Gasteiger partial charge in [0.2, 0.25) is 0 Å². The normalized spacial score (nSPS) is 10.1. The molecule has 6 nitrogen and oxygen atoms in total. The fourth-order valence-electron chi connectivity index (χ4n) is 2.15. The van der Waals surface area contributed by atoms with Crippen LogP contribution in [0.15, 0.2) is 35.3 Å². The number of pyridine rings is 2. The number of fused-ring (bicyclic) bond motifs is 2. The van der Waals surface area contributed by atoms with Crippen molar-refractivity contribution < 1.29 is 0 Å². The molecule has 0 aromatic carbocycles. The van der Waals surface area contributed by atoms with Gasteiger partial charge in [0.15, 0.2) is 0 Å². The first-order chi connectivity index (χ1) is 12.1. The maximum Gasteiger partial charge on any atom is 0.140 e. The van der Waals surface area contributed by atoms with Gasteiger partial charge in [0.1, 0.15) is 23.4 Å². The Morgan fingerprint density at radius 2 is 1.60 bits per heavy atom. The standard InChI is InChI=1S/C8H3BrClN3.C8H4ClN3/c9-5-3-13-8-6(5)7(10)4(1-11)2-12-8;9-7-5(3-10)4-12-8-6(7)1-2-11-8/h2-3H,(H,12,13);1-2,4H,(H,11,12). The van der Waals surface area contributed by atoms with Crippen LogP contribution in [0.5, 0.6) is 0 Å². The van der Waals surface area contributed by atoms with Crippen molar-refractivity contribution in [1.29, 1.82) is 10.5 Å². The van der Waals surface area contributed by atoms with E-state index in [1.165, 1.54) is 12.4 Å². The van der Waals surface area contributed by atoms with Crippen molar-refractivity contribution in [2.75, 3.05) is 0 Å². The van der Waals surface area contributed by atoms with Crippen LogP contribution in [0.2, 0.25) is 10.0 Å². The van der Waals surface area contributed by atoms with Crippen LogP contribution >= 0.6 is 39.1 Å². The lowest BCUT2D eigenvalue weighted by Gasteiger charge is -1.95. The van der Waals surface area contributed by atoms with E-state index in [0.29, 0.717) is 32.5 Å². The minimum absolute atomic E-state index is 0.384. The molecule has 9 heteroatoms. The molecule has 0 fully saturated rings. The second kappa shape index (κ2) is 7.12. The summed E-state index contributed by atoms with van der Waals surface area (Å²) in [5, 5.41) is 19.8. The van der Waals surface area contributed by atoms with E-state index in [2.05, 4.69) is 35.9 Å². The number of aromatic amines is 2. The summed E-state index contributed by atoms with van der Waals surface area (Å²) in [5.41, 5.74) is 2.17. The topological polar surface area (TPSA) is 105 Å². The van der Waals surface area contributed by atoms with Crippen molar-refractivity contribution in [3.63, 3.8) is 0 Å². The largest absolute Gasteiger partial charge is 0.346 e. The number of hydrogen-bond acceptors (Lipinski definition) is 4. The van der Waals surface area contributed by atoms with E-state index in [1.807, 2.05) is 12.1 Å². The molecule has 4 heterocycles. The average Bonchev–Trinajstić information content (AvgIpc) is 3.24. The lowest BCUT2D eigenvalue weighted by atomic mass is 10.2. The zero-order valence-electron chi connectivity index (χ0n) is 12.3. The highest BCUT2D eigenvalue weighted by Crippen LogP contribution is 2.31. The third kappa shape index (κ3) is 3.18. The SMILES string of the molecule is N#Cc1cnc2[nH]cc(Br)c2c1Cl.N#Cc1cnc2[nH]ccc2c1Cl. The van der Waals surface area contributed by atoms with Gasteiger partial charge in [-0.05, 0) is 22.0 Å².